The van der Waals surface area contributed by atoms with E-state index in [0.29, 0.717) is 0 Å². The first-order valence-corrected chi connectivity index (χ1v) is 10.4. The number of nitrogens with one attached hydrogen (secondary N) is 1. The van der Waals surface area contributed by atoms with Crippen molar-refractivity contribution < 1.29 is 4.43 Å². The smallest absolute Gasteiger partial charge is 0.192 e. The molecule has 0 atom stereocenters. The van der Waals surface area contributed by atoms with Crippen molar-refractivity contribution in [1.29, 1.82) is 0 Å². The van der Waals surface area contributed by atoms with E-state index < -0.39 is 8.32 Å². The van der Waals surface area contributed by atoms with E-state index in [-0.39, 0.29) is 5.04 Å². The zero-order valence-corrected chi connectivity index (χ0v) is 15.2. The van der Waals surface area contributed by atoms with Gasteiger partial charge in [-0.2, -0.15) is 0 Å². The molecule has 1 heterocycles. The van der Waals surface area contributed by atoms with Gasteiger partial charge in [0.25, 0.3) is 0 Å². The Balaban J connectivity index is 2.23. The zero-order chi connectivity index (χ0) is 14.5. The Labute approximate surface area is 126 Å². The van der Waals surface area contributed by atoms with Crippen molar-refractivity contribution in [2.45, 2.75) is 45.4 Å². The van der Waals surface area contributed by atoms with Crippen molar-refractivity contribution >= 4 is 24.2 Å². The van der Waals surface area contributed by atoms with Gasteiger partial charge in [0.2, 0.25) is 0 Å². The van der Waals surface area contributed by atoms with Gasteiger partial charge in [-0.15, -0.1) is 0 Å². The molecule has 108 valence electrons. The van der Waals surface area contributed by atoms with Crippen LogP contribution in [-0.4, -0.2) is 26.5 Å². The molecule has 0 spiro atoms. The number of rotatable bonds is 6. The third-order valence-corrected chi connectivity index (χ3v) is 8.67. The summed E-state index contributed by atoms with van der Waals surface area (Å²) in [6, 6.07) is 4.03. The fourth-order valence-electron chi connectivity index (χ4n) is 1.34. The van der Waals surface area contributed by atoms with Crippen LogP contribution in [0.15, 0.2) is 22.9 Å². The number of nitrogens with zero attached hydrogens (tertiary/aromatic N) is 1. The van der Waals surface area contributed by atoms with E-state index in [2.05, 4.69) is 66.2 Å². The maximum Gasteiger partial charge on any atom is 0.192 e. The highest BCUT2D eigenvalue weighted by molar-refractivity contribution is 9.10. The van der Waals surface area contributed by atoms with E-state index in [0.717, 1.165) is 24.3 Å². The monoisotopic (exact) mass is 344 g/mol. The second-order valence-corrected chi connectivity index (χ2v) is 11.9. The van der Waals surface area contributed by atoms with Crippen LogP contribution in [0.4, 0.5) is 0 Å². The molecule has 5 heteroatoms. The molecule has 0 aliphatic rings. The molecule has 1 aromatic rings. The van der Waals surface area contributed by atoms with Gasteiger partial charge >= 0.3 is 0 Å². The summed E-state index contributed by atoms with van der Waals surface area (Å²) < 4.78 is 6.98. The van der Waals surface area contributed by atoms with Gasteiger partial charge in [0, 0.05) is 25.9 Å². The van der Waals surface area contributed by atoms with Gasteiger partial charge in [-0.3, -0.25) is 0 Å². The SMILES string of the molecule is CC(C)(C)[Si](C)(C)OCCNCc1ccc(Br)nc1. The number of pyridine rings is 1. The minimum absolute atomic E-state index is 0.280. The summed E-state index contributed by atoms with van der Waals surface area (Å²) in [7, 11) is -1.60. The zero-order valence-electron chi connectivity index (χ0n) is 12.6. The molecular weight excluding hydrogens is 320 g/mol. The van der Waals surface area contributed by atoms with Crippen molar-refractivity contribution in [2.75, 3.05) is 13.2 Å². The summed E-state index contributed by atoms with van der Waals surface area (Å²) in [6.45, 7) is 13.8. The highest BCUT2D eigenvalue weighted by atomic mass is 79.9. The molecule has 0 aliphatic heterocycles. The van der Waals surface area contributed by atoms with Crippen LogP contribution in [0, 0.1) is 0 Å². The third-order valence-electron chi connectivity index (χ3n) is 3.67. The lowest BCUT2D eigenvalue weighted by Gasteiger charge is -2.36. The number of halogens is 1. The van der Waals surface area contributed by atoms with Crippen LogP contribution in [0.25, 0.3) is 0 Å². The topological polar surface area (TPSA) is 34.1 Å². The quantitative estimate of drug-likeness (QED) is 0.481. The van der Waals surface area contributed by atoms with Gasteiger partial charge in [-0.05, 0) is 45.7 Å². The van der Waals surface area contributed by atoms with Gasteiger partial charge in [-0.25, -0.2) is 4.98 Å². The van der Waals surface area contributed by atoms with Crippen molar-refractivity contribution in [3.05, 3.63) is 28.5 Å². The Bertz CT molecular complexity index is 387. The van der Waals surface area contributed by atoms with Gasteiger partial charge in [0.05, 0.1) is 0 Å². The highest BCUT2D eigenvalue weighted by Crippen LogP contribution is 2.36. The molecule has 1 rings (SSSR count). The van der Waals surface area contributed by atoms with Crippen LogP contribution < -0.4 is 5.32 Å². The third kappa shape index (κ3) is 5.73. The molecule has 0 unspecified atom stereocenters. The average molecular weight is 345 g/mol. The van der Waals surface area contributed by atoms with Crippen LogP contribution in [0.2, 0.25) is 18.1 Å². The number of aromatic nitrogens is 1. The molecule has 0 bridgehead atoms. The predicted molar refractivity (Wildman–Crippen MR) is 86.8 cm³/mol. The van der Waals surface area contributed by atoms with Gasteiger partial charge in [-0.1, -0.05) is 26.8 Å². The second kappa shape index (κ2) is 6.97. The first-order valence-electron chi connectivity index (χ1n) is 6.67. The van der Waals surface area contributed by atoms with Gasteiger partial charge < -0.3 is 9.74 Å². The molecule has 1 N–H and O–H groups in total. The molecular formula is C14H25BrN2OSi. The van der Waals surface area contributed by atoms with Crippen molar-refractivity contribution in [3.8, 4) is 0 Å². The summed E-state index contributed by atoms with van der Waals surface area (Å²) >= 11 is 3.33. The van der Waals surface area contributed by atoms with Crippen LogP contribution in [0.3, 0.4) is 0 Å². The highest BCUT2D eigenvalue weighted by Gasteiger charge is 2.36. The van der Waals surface area contributed by atoms with Gasteiger partial charge in [0.1, 0.15) is 4.60 Å². The van der Waals surface area contributed by atoms with Crippen molar-refractivity contribution in [2.24, 2.45) is 0 Å². The Hall–Kier alpha value is -0.233. The van der Waals surface area contributed by atoms with E-state index in [1.54, 1.807) is 0 Å². The summed E-state index contributed by atoms with van der Waals surface area (Å²) in [6.07, 6.45) is 1.88. The van der Waals surface area contributed by atoms with E-state index in [1.165, 1.54) is 5.56 Å². The van der Waals surface area contributed by atoms with Crippen LogP contribution in [0.5, 0.6) is 0 Å². The normalized spacial score (nSPS) is 12.7. The van der Waals surface area contributed by atoms with Crippen LogP contribution >= 0.6 is 15.9 Å². The largest absolute Gasteiger partial charge is 0.416 e. The van der Waals surface area contributed by atoms with E-state index in [1.807, 2.05) is 12.3 Å². The molecule has 0 fully saturated rings. The minimum atomic E-state index is -1.60. The molecule has 0 amide bonds. The van der Waals surface area contributed by atoms with Gasteiger partial charge in [0.15, 0.2) is 8.32 Å². The molecule has 0 saturated carbocycles. The molecule has 1 aromatic heterocycles. The molecule has 3 nitrogen and oxygen atoms in total. The molecule has 0 aromatic carbocycles. The van der Waals surface area contributed by atoms with E-state index >= 15 is 0 Å². The predicted octanol–water partition coefficient (Wildman–Crippen LogP) is 3.96. The fraction of sp³-hybridized carbons (Fsp3) is 0.643. The summed E-state index contributed by atoms with van der Waals surface area (Å²) in [4.78, 5) is 4.20. The summed E-state index contributed by atoms with van der Waals surface area (Å²) in [5, 5.41) is 3.67. The van der Waals surface area contributed by atoms with Crippen LogP contribution in [-0.2, 0) is 11.0 Å². The second-order valence-electron chi connectivity index (χ2n) is 6.27. The summed E-state index contributed by atoms with van der Waals surface area (Å²) in [5.41, 5.74) is 1.19. The van der Waals surface area contributed by atoms with E-state index in [9.17, 15) is 0 Å². The number of hydrogen-bond acceptors (Lipinski definition) is 3. The summed E-state index contributed by atoms with van der Waals surface area (Å²) in [5.74, 6) is 0. The Kier molecular flexibility index (Phi) is 6.17. The van der Waals surface area contributed by atoms with E-state index in [4.69, 9.17) is 4.43 Å². The van der Waals surface area contributed by atoms with Crippen LogP contribution in [0.1, 0.15) is 26.3 Å². The maximum atomic E-state index is 6.10. The van der Waals surface area contributed by atoms with Crippen molar-refractivity contribution in [1.82, 2.24) is 10.3 Å². The average Bonchev–Trinajstić information content (AvgIpc) is 2.29. The Morgan fingerprint density at radius 3 is 2.53 bits per heavy atom. The maximum absolute atomic E-state index is 6.10. The lowest BCUT2D eigenvalue weighted by atomic mass is 10.2. The Morgan fingerprint density at radius 2 is 2.00 bits per heavy atom. The lowest BCUT2D eigenvalue weighted by molar-refractivity contribution is 0.285. The molecule has 19 heavy (non-hydrogen) atoms. The fourth-order valence-corrected chi connectivity index (χ4v) is 2.62. The first-order chi connectivity index (χ1) is 8.72. The lowest BCUT2D eigenvalue weighted by Crippen LogP contribution is -2.42. The minimum Gasteiger partial charge on any atom is -0.416 e. The van der Waals surface area contributed by atoms with Crippen molar-refractivity contribution in [3.63, 3.8) is 0 Å². The molecule has 0 aliphatic carbocycles. The Morgan fingerprint density at radius 1 is 1.32 bits per heavy atom. The standard InChI is InChI=1S/C14H25BrN2OSi/c1-14(2,3)19(4,5)18-9-8-16-10-12-6-7-13(15)17-11-12/h6-7,11,16H,8-10H2,1-5H3. The number of hydrogen-bond donors (Lipinski definition) is 1. The first kappa shape index (κ1) is 16.8. The molecule has 0 saturated heterocycles. The molecule has 0 radical (unpaired) electrons.